The molecule has 0 saturated carbocycles. The lowest BCUT2D eigenvalue weighted by Crippen LogP contribution is -2.58. The van der Waals surface area contributed by atoms with E-state index in [1.165, 1.54) is 13.8 Å². The van der Waals surface area contributed by atoms with Crippen LogP contribution in [0.2, 0.25) is 0 Å². The monoisotopic (exact) mass is 754 g/mol. The summed E-state index contributed by atoms with van der Waals surface area (Å²) in [5.74, 6) is -1.47. The van der Waals surface area contributed by atoms with Gasteiger partial charge in [-0.05, 0) is 55.4 Å². The van der Waals surface area contributed by atoms with Gasteiger partial charge < -0.3 is 46.1 Å². The van der Waals surface area contributed by atoms with Crippen molar-refractivity contribution in [1.29, 1.82) is 0 Å². The Kier molecular flexibility index (Phi) is 16.7. The van der Waals surface area contributed by atoms with Crippen molar-refractivity contribution >= 4 is 24.0 Å². The third kappa shape index (κ3) is 14.5. The van der Waals surface area contributed by atoms with Crippen molar-refractivity contribution in [3.05, 3.63) is 144 Å². The lowest BCUT2D eigenvalue weighted by Gasteiger charge is -2.31. The number of rotatable bonds is 19. The smallest absolute Gasteiger partial charge is 0.408 e. The summed E-state index contributed by atoms with van der Waals surface area (Å²) in [5, 5.41) is 43.3. The van der Waals surface area contributed by atoms with Gasteiger partial charge in [0.05, 0.1) is 24.4 Å². The van der Waals surface area contributed by atoms with Crippen LogP contribution in [0, 0.1) is 0 Å². The highest BCUT2D eigenvalue weighted by molar-refractivity contribution is 5.87. The van der Waals surface area contributed by atoms with Crippen LogP contribution in [0.5, 0.6) is 0 Å². The van der Waals surface area contributed by atoms with Gasteiger partial charge in [-0.1, -0.05) is 121 Å². The number of alkyl carbamates (subject to hydrolysis) is 2. The fourth-order valence-corrected chi connectivity index (χ4v) is 5.86. The minimum atomic E-state index is -1.42. The molecule has 4 amide bonds. The summed E-state index contributed by atoms with van der Waals surface area (Å²) in [6, 6.07) is 31.8. The maximum Gasteiger partial charge on any atom is 0.408 e. The van der Waals surface area contributed by atoms with Crippen LogP contribution < -0.4 is 21.3 Å². The normalized spacial score (nSPS) is 14.8. The summed E-state index contributed by atoms with van der Waals surface area (Å²) < 4.78 is 10.5. The molecule has 4 rings (SSSR count). The number of carbonyl (C=O) groups excluding carboxylic acids is 4. The summed E-state index contributed by atoms with van der Waals surface area (Å²) in [6.45, 7) is 2.61. The van der Waals surface area contributed by atoms with Crippen molar-refractivity contribution < 1.29 is 44.0 Å². The maximum absolute atomic E-state index is 13.7. The van der Waals surface area contributed by atoms with Crippen LogP contribution in [0.15, 0.2) is 121 Å². The van der Waals surface area contributed by atoms with Crippen LogP contribution in [-0.2, 0) is 45.1 Å². The highest BCUT2D eigenvalue weighted by atomic mass is 16.6. The van der Waals surface area contributed by atoms with Crippen molar-refractivity contribution in [3.63, 3.8) is 0 Å². The molecule has 0 bridgehead atoms. The second kappa shape index (κ2) is 21.8. The van der Waals surface area contributed by atoms with Crippen molar-refractivity contribution in [1.82, 2.24) is 21.3 Å². The van der Waals surface area contributed by atoms with Crippen LogP contribution in [0.3, 0.4) is 0 Å². The van der Waals surface area contributed by atoms with Gasteiger partial charge in [-0.15, -0.1) is 0 Å². The van der Waals surface area contributed by atoms with Crippen LogP contribution in [0.25, 0.3) is 0 Å². The summed E-state index contributed by atoms with van der Waals surface area (Å²) in [4.78, 5) is 52.7. The van der Waals surface area contributed by atoms with Crippen molar-refractivity contribution in [2.75, 3.05) is 0 Å². The lowest BCUT2D eigenvalue weighted by molar-refractivity contribution is -0.128. The Bertz CT molecular complexity index is 1760. The van der Waals surface area contributed by atoms with Crippen LogP contribution >= 0.6 is 0 Å². The molecule has 13 heteroatoms. The van der Waals surface area contributed by atoms with E-state index < -0.39 is 66.5 Å². The van der Waals surface area contributed by atoms with E-state index in [1.54, 1.807) is 48.5 Å². The second-order valence-electron chi connectivity index (χ2n) is 13.4. The maximum atomic E-state index is 13.7. The highest BCUT2D eigenvalue weighted by Gasteiger charge is 2.33. The number of aliphatic hydroxyl groups is 3. The van der Waals surface area contributed by atoms with E-state index >= 15 is 0 Å². The number of aliphatic hydroxyl groups excluding tert-OH is 3. The molecule has 0 aliphatic heterocycles. The van der Waals surface area contributed by atoms with Crippen LogP contribution in [-0.4, -0.2) is 81.8 Å². The molecule has 0 fully saturated rings. The SMILES string of the molecule is C[C@@H](O)[C@H](NC(=O)OCc1ccccc1)C(=O)N[C@@H](Cc1ccccc1)C[C@H](O)[C@H](Cc1ccccc1)NC(=O)[C@@H](NC(=O)OCc1ccccc1)[C@@H](C)O. The van der Waals surface area contributed by atoms with E-state index in [4.69, 9.17) is 9.47 Å². The molecule has 7 N–H and O–H groups in total. The molecule has 292 valence electrons. The third-order valence-corrected chi connectivity index (χ3v) is 8.79. The standard InChI is InChI=1S/C42H50N4O9/c1-28(47)37(45-41(52)54-26-32-19-11-5-12-20-32)39(50)43-34(23-30-15-7-3-8-16-30)25-36(49)35(24-31-17-9-4-10-18-31)44-40(51)38(29(2)48)46-42(53)55-27-33-21-13-6-14-22-33/h3-22,28-29,34-38,47-49H,23-27H2,1-2H3,(H,43,50)(H,44,51)(H,45,52)(H,46,53)/t28-,29-,34+,35+,36+,37+,38+/m1/s1. The van der Waals surface area contributed by atoms with Gasteiger partial charge in [0, 0.05) is 6.04 Å². The van der Waals surface area contributed by atoms with E-state index in [-0.39, 0.29) is 32.5 Å². The quantitative estimate of drug-likeness (QED) is 0.0750. The van der Waals surface area contributed by atoms with Gasteiger partial charge in [-0.25, -0.2) is 9.59 Å². The molecule has 55 heavy (non-hydrogen) atoms. The molecule has 0 spiro atoms. The zero-order valence-electron chi connectivity index (χ0n) is 30.9. The fraction of sp³-hybridized carbons (Fsp3) is 0.333. The number of hydrogen-bond donors (Lipinski definition) is 7. The van der Waals surface area contributed by atoms with E-state index in [2.05, 4.69) is 21.3 Å². The first-order valence-corrected chi connectivity index (χ1v) is 18.2. The minimum absolute atomic E-state index is 0.0432. The van der Waals surface area contributed by atoms with Gasteiger partial charge in [-0.3, -0.25) is 9.59 Å². The van der Waals surface area contributed by atoms with Crippen LogP contribution in [0.1, 0.15) is 42.5 Å². The first kappa shape index (κ1) is 42.0. The Morgan fingerprint density at radius 2 is 0.873 bits per heavy atom. The first-order valence-electron chi connectivity index (χ1n) is 18.2. The predicted molar refractivity (Wildman–Crippen MR) is 205 cm³/mol. The number of amides is 4. The van der Waals surface area contributed by atoms with E-state index in [1.807, 2.05) is 72.8 Å². The molecule has 0 radical (unpaired) electrons. The number of ether oxygens (including phenoxy) is 2. The molecule has 0 heterocycles. The summed E-state index contributed by atoms with van der Waals surface area (Å²) in [5.41, 5.74) is 3.09. The molecule has 4 aromatic carbocycles. The molecule has 13 nitrogen and oxygen atoms in total. The van der Waals surface area contributed by atoms with Crippen LogP contribution in [0.4, 0.5) is 9.59 Å². The average molecular weight is 755 g/mol. The molecule has 7 atom stereocenters. The molecule has 0 unspecified atom stereocenters. The third-order valence-electron chi connectivity index (χ3n) is 8.79. The Morgan fingerprint density at radius 1 is 0.509 bits per heavy atom. The summed E-state index contributed by atoms with van der Waals surface area (Å²) >= 11 is 0. The predicted octanol–water partition coefficient (Wildman–Crippen LogP) is 3.54. The molecule has 0 aliphatic carbocycles. The van der Waals surface area contributed by atoms with Crippen molar-refractivity contribution in [3.8, 4) is 0 Å². The summed E-state index contributed by atoms with van der Waals surface area (Å²) in [6.07, 6.45) is -5.38. The Morgan fingerprint density at radius 3 is 1.27 bits per heavy atom. The van der Waals surface area contributed by atoms with Crippen molar-refractivity contribution in [2.45, 2.75) is 88.8 Å². The van der Waals surface area contributed by atoms with Gasteiger partial charge in [0.25, 0.3) is 0 Å². The Hall–Kier alpha value is -5.76. The average Bonchev–Trinajstić information content (AvgIpc) is 3.18. The Labute approximate surface area is 321 Å². The number of carbonyl (C=O) groups is 4. The second-order valence-corrected chi connectivity index (χ2v) is 13.4. The van der Waals surface area contributed by atoms with E-state index in [9.17, 15) is 34.5 Å². The highest BCUT2D eigenvalue weighted by Crippen LogP contribution is 2.15. The fourth-order valence-electron chi connectivity index (χ4n) is 5.86. The number of nitrogens with one attached hydrogen (secondary N) is 4. The molecule has 0 saturated heterocycles. The number of benzene rings is 4. The van der Waals surface area contributed by atoms with Gasteiger partial charge in [0.15, 0.2) is 0 Å². The van der Waals surface area contributed by atoms with E-state index in [0.29, 0.717) is 0 Å². The Balaban J connectivity index is 1.49. The first-order chi connectivity index (χ1) is 26.5. The summed E-state index contributed by atoms with van der Waals surface area (Å²) in [7, 11) is 0. The molecular weight excluding hydrogens is 704 g/mol. The molecule has 0 aromatic heterocycles. The van der Waals surface area contributed by atoms with E-state index in [0.717, 1.165) is 22.3 Å². The molecule has 4 aromatic rings. The van der Waals surface area contributed by atoms with Gasteiger partial charge in [-0.2, -0.15) is 0 Å². The zero-order valence-corrected chi connectivity index (χ0v) is 30.9. The lowest BCUT2D eigenvalue weighted by atomic mass is 9.93. The molecular formula is C42H50N4O9. The molecule has 0 aliphatic rings. The van der Waals surface area contributed by atoms with Gasteiger partial charge in [0.1, 0.15) is 25.3 Å². The topological polar surface area (TPSA) is 196 Å². The minimum Gasteiger partial charge on any atom is -0.445 e. The number of hydrogen-bond acceptors (Lipinski definition) is 9. The van der Waals surface area contributed by atoms with Gasteiger partial charge >= 0.3 is 12.2 Å². The van der Waals surface area contributed by atoms with Crippen molar-refractivity contribution in [2.24, 2.45) is 0 Å². The largest absolute Gasteiger partial charge is 0.445 e. The van der Waals surface area contributed by atoms with Gasteiger partial charge in [0.2, 0.25) is 11.8 Å². The zero-order chi connectivity index (χ0) is 39.6.